The third-order valence-electron chi connectivity index (χ3n) is 1.39. The first-order valence-electron chi connectivity index (χ1n) is 3.77. The third kappa shape index (κ3) is 7.19. The van der Waals surface area contributed by atoms with E-state index in [1.54, 1.807) is 0 Å². The molecule has 0 amide bonds. The van der Waals surface area contributed by atoms with E-state index in [2.05, 4.69) is 42.4 Å². The summed E-state index contributed by atoms with van der Waals surface area (Å²) in [6.07, 6.45) is 5.60. The molecule has 0 aliphatic heterocycles. The Morgan fingerprint density at radius 3 is 2.25 bits per heavy atom. The van der Waals surface area contributed by atoms with Gasteiger partial charge in [0.2, 0.25) is 0 Å². The first kappa shape index (κ1) is 9.19. The van der Waals surface area contributed by atoms with E-state index in [0.717, 1.165) is 3.26 Å². The minimum absolute atomic E-state index is 0.904. The molecule has 0 N–H and O–H groups in total. The maximum absolute atomic E-state index is 2.29. The van der Waals surface area contributed by atoms with Crippen LogP contribution >= 0.6 is 0 Å². The molecule has 0 heterocycles. The van der Waals surface area contributed by atoms with Crippen molar-refractivity contribution < 1.29 is 0 Å². The Hall–Kier alpha value is 1.19. The minimum atomic E-state index is 0.904. The van der Waals surface area contributed by atoms with E-state index >= 15 is 0 Å². The van der Waals surface area contributed by atoms with E-state index in [4.69, 9.17) is 0 Å². The molecule has 38 valence electrons. The average Bonchev–Trinajstić information content (AvgIpc) is 1.66. The van der Waals surface area contributed by atoms with Crippen molar-refractivity contribution in [2.45, 2.75) is 35.9 Å². The van der Waals surface area contributed by atoms with Crippen LogP contribution in [0, 0.1) is 0 Å². The molecule has 0 aromatic rings. The number of unbranched alkanes of at least 4 members (excludes halogenated alkanes) is 2. The summed E-state index contributed by atoms with van der Waals surface area (Å²) < 4.78 is 0.904. The average molecular weight is 98.0 g/mol. The summed E-state index contributed by atoms with van der Waals surface area (Å²) in [7, 11) is 0. The second-order valence-corrected chi connectivity index (χ2v) is 2.89. The van der Waals surface area contributed by atoms with Crippen LogP contribution in [0.15, 0.2) is 0 Å². The number of hydrogen-bond acceptors (Lipinski definition) is 0. The van der Waals surface area contributed by atoms with Crippen molar-refractivity contribution in [1.82, 2.24) is 0 Å². The molecule has 0 spiro atoms. The molecule has 0 saturated carbocycles. The molecule has 0 radical (unpaired) electrons. The molecule has 0 bridgehead atoms. The zero-order chi connectivity index (χ0) is 6.41. The second kappa shape index (κ2) is 6.32. The Morgan fingerprint density at radius 2 is 1.88 bits per heavy atom. The second-order valence-electron chi connectivity index (χ2n) is 2.89. The van der Waals surface area contributed by atoms with Gasteiger partial charge in [0.15, 0.2) is 0 Å². The van der Waals surface area contributed by atoms with Crippen molar-refractivity contribution in [3.8, 4) is 0 Å². The summed E-state index contributed by atoms with van der Waals surface area (Å²) in [5.41, 5.74) is 0. The summed E-state index contributed by atoms with van der Waals surface area (Å²) in [6, 6.07) is 0. The molecular formula is C6H12Li2. The van der Waals surface area contributed by atoms with E-state index in [-0.39, 0.29) is 0 Å². The van der Waals surface area contributed by atoms with E-state index in [1.807, 2.05) is 0 Å². The van der Waals surface area contributed by atoms with Crippen molar-refractivity contribution in [2.75, 3.05) is 0 Å². The SMILES string of the molecule is [Li][CH]([Li])CCCCC. The zero-order valence-electron chi connectivity index (χ0n) is 6.41. The van der Waals surface area contributed by atoms with Gasteiger partial charge in [-0.1, -0.05) is 0 Å². The molecule has 0 atom stereocenters. The molecule has 0 aliphatic carbocycles. The molecule has 0 fully saturated rings. The molecule has 0 saturated heterocycles. The molecule has 2 heteroatoms. The summed E-state index contributed by atoms with van der Waals surface area (Å²) in [4.78, 5) is 0. The first-order chi connectivity index (χ1) is 3.77. The van der Waals surface area contributed by atoms with E-state index in [9.17, 15) is 0 Å². The van der Waals surface area contributed by atoms with Gasteiger partial charge in [-0.25, -0.2) is 0 Å². The van der Waals surface area contributed by atoms with Crippen LogP contribution in [-0.2, 0) is 0 Å². The van der Waals surface area contributed by atoms with E-state index < -0.39 is 0 Å². The van der Waals surface area contributed by atoms with Crippen molar-refractivity contribution in [3.05, 3.63) is 0 Å². The molecule has 0 aliphatic rings. The molecule has 0 rings (SSSR count). The van der Waals surface area contributed by atoms with Crippen molar-refractivity contribution in [2.24, 2.45) is 0 Å². The van der Waals surface area contributed by atoms with E-state index in [0.29, 0.717) is 0 Å². The van der Waals surface area contributed by atoms with E-state index in [1.165, 1.54) is 25.7 Å². The van der Waals surface area contributed by atoms with Crippen LogP contribution in [0.25, 0.3) is 0 Å². The van der Waals surface area contributed by atoms with Crippen LogP contribution in [-0.4, -0.2) is 35.4 Å². The van der Waals surface area contributed by atoms with Crippen LogP contribution < -0.4 is 0 Å². The van der Waals surface area contributed by atoms with Crippen LogP contribution in [0.2, 0.25) is 3.26 Å². The van der Waals surface area contributed by atoms with Gasteiger partial charge >= 0.3 is 71.3 Å². The Morgan fingerprint density at radius 1 is 1.25 bits per heavy atom. The Balaban J connectivity index is 2.72. The van der Waals surface area contributed by atoms with Gasteiger partial charge in [-0.15, -0.1) is 0 Å². The van der Waals surface area contributed by atoms with Crippen LogP contribution in [0.5, 0.6) is 0 Å². The summed E-state index contributed by atoms with van der Waals surface area (Å²) in [5, 5.41) is 0. The van der Waals surface area contributed by atoms with Gasteiger partial charge in [-0.3, -0.25) is 0 Å². The molecule has 0 unspecified atom stereocenters. The zero-order valence-corrected chi connectivity index (χ0v) is 6.41. The van der Waals surface area contributed by atoms with Gasteiger partial charge in [0.25, 0.3) is 0 Å². The van der Waals surface area contributed by atoms with Crippen molar-refractivity contribution in [3.63, 3.8) is 0 Å². The van der Waals surface area contributed by atoms with Crippen LogP contribution in [0.3, 0.4) is 0 Å². The van der Waals surface area contributed by atoms with Crippen molar-refractivity contribution in [1.29, 1.82) is 0 Å². The molecule has 8 heavy (non-hydrogen) atoms. The molecule has 0 aromatic carbocycles. The maximum atomic E-state index is 2.29. The standard InChI is InChI=1S/C6H12.2Li/c1-3-5-6-4-2;;/h1H,3-6H2,2H3;;. The summed E-state index contributed by atoms with van der Waals surface area (Å²) in [5.74, 6) is 0. The number of hydrogen-bond donors (Lipinski definition) is 0. The molecule has 0 aromatic heterocycles. The fourth-order valence-corrected chi connectivity index (χ4v) is 0.803. The summed E-state index contributed by atoms with van der Waals surface area (Å²) in [6.45, 7) is 2.25. The Labute approximate surface area is 71.2 Å². The quantitative estimate of drug-likeness (QED) is 0.370. The normalized spacial score (nSPS) is 10.8. The van der Waals surface area contributed by atoms with Crippen molar-refractivity contribution >= 4 is 35.4 Å². The predicted molar refractivity (Wildman–Crippen MR) is 39.4 cm³/mol. The van der Waals surface area contributed by atoms with Gasteiger partial charge in [-0.05, 0) is 0 Å². The van der Waals surface area contributed by atoms with Crippen LogP contribution in [0.4, 0.5) is 0 Å². The molecule has 0 nitrogen and oxygen atoms in total. The fourth-order valence-electron chi connectivity index (χ4n) is 0.803. The van der Waals surface area contributed by atoms with Gasteiger partial charge in [0.05, 0.1) is 0 Å². The topological polar surface area (TPSA) is 0 Å². The Bertz CT molecular complexity index is 43.8. The van der Waals surface area contributed by atoms with Gasteiger partial charge in [0.1, 0.15) is 0 Å². The third-order valence-corrected chi connectivity index (χ3v) is 1.39. The first-order valence-corrected chi connectivity index (χ1v) is 3.77. The summed E-state index contributed by atoms with van der Waals surface area (Å²) >= 11 is 4.57. The van der Waals surface area contributed by atoms with Gasteiger partial charge in [-0.2, -0.15) is 0 Å². The van der Waals surface area contributed by atoms with Gasteiger partial charge in [0, 0.05) is 0 Å². The fraction of sp³-hybridized carbons (Fsp3) is 1.00. The molecular weight excluding hydrogens is 85.9 g/mol. The number of rotatable bonds is 4. The van der Waals surface area contributed by atoms with Crippen LogP contribution in [0.1, 0.15) is 32.6 Å². The van der Waals surface area contributed by atoms with Gasteiger partial charge < -0.3 is 0 Å². The predicted octanol–water partition coefficient (Wildman–Crippen LogP) is 1.65. The Kier molecular flexibility index (Phi) is 7.26. The monoisotopic (exact) mass is 98.1 g/mol.